The van der Waals surface area contributed by atoms with Crippen molar-refractivity contribution in [2.45, 2.75) is 6.92 Å². The van der Waals surface area contributed by atoms with Gasteiger partial charge in [-0.2, -0.15) is 0 Å². The largest absolute Gasteiger partial charge is 0.360 e. The van der Waals surface area contributed by atoms with Crippen LogP contribution in [0.2, 0.25) is 0 Å². The van der Waals surface area contributed by atoms with Crippen LogP contribution < -0.4 is 0 Å². The summed E-state index contributed by atoms with van der Waals surface area (Å²) in [5.41, 5.74) is 2.17. The van der Waals surface area contributed by atoms with E-state index in [-0.39, 0.29) is 5.78 Å². The summed E-state index contributed by atoms with van der Waals surface area (Å²) in [4.78, 5) is 14.3. The van der Waals surface area contributed by atoms with Gasteiger partial charge in [0.05, 0.1) is 5.52 Å². The minimum atomic E-state index is 0.0603. The maximum atomic E-state index is 11.0. The van der Waals surface area contributed by atoms with Gasteiger partial charge >= 0.3 is 0 Å². The zero-order chi connectivity index (χ0) is 12.5. The zero-order valence-electron chi connectivity index (χ0n) is 10.1. The number of carbonyl (C=O) groups excluding carboxylic acids is 1. The maximum absolute atomic E-state index is 11.0. The Balaban J connectivity index is 2.26. The van der Waals surface area contributed by atoms with Crippen molar-refractivity contribution in [2.24, 2.45) is 0 Å². The molecular weight excluding hydrogens is 222 g/mol. The van der Waals surface area contributed by atoms with Gasteiger partial charge in [-0.3, -0.25) is 4.79 Å². The number of H-pyrrole nitrogens is 1. The molecule has 0 radical (unpaired) electrons. The van der Waals surface area contributed by atoms with Gasteiger partial charge < -0.3 is 4.98 Å². The van der Waals surface area contributed by atoms with Crippen LogP contribution in [0.3, 0.4) is 0 Å². The molecule has 0 amide bonds. The summed E-state index contributed by atoms with van der Waals surface area (Å²) >= 11 is 0. The molecule has 0 aliphatic rings. The number of aromatic nitrogens is 1. The fraction of sp³-hybridized carbons (Fsp3) is 0.0625. The van der Waals surface area contributed by atoms with Crippen LogP contribution in [-0.4, -0.2) is 10.8 Å². The molecule has 2 nitrogen and oxygen atoms in total. The number of fused-ring (bicyclic) bond motifs is 3. The molecule has 18 heavy (non-hydrogen) atoms. The second-order valence-electron chi connectivity index (χ2n) is 4.40. The lowest BCUT2D eigenvalue weighted by molar-refractivity contribution is -0.112. The molecule has 3 aromatic rings. The van der Waals surface area contributed by atoms with Gasteiger partial charge in [0.25, 0.3) is 0 Å². The summed E-state index contributed by atoms with van der Waals surface area (Å²) in [5.74, 6) is 0.0603. The van der Waals surface area contributed by atoms with Crippen molar-refractivity contribution in [3.8, 4) is 0 Å². The smallest absolute Gasteiger partial charge is 0.152 e. The highest BCUT2D eigenvalue weighted by atomic mass is 16.1. The van der Waals surface area contributed by atoms with Crippen LogP contribution >= 0.6 is 0 Å². The van der Waals surface area contributed by atoms with Crippen molar-refractivity contribution in [3.05, 3.63) is 54.2 Å². The summed E-state index contributed by atoms with van der Waals surface area (Å²) < 4.78 is 0. The first-order chi connectivity index (χ1) is 8.75. The maximum Gasteiger partial charge on any atom is 0.152 e. The molecule has 3 rings (SSSR count). The zero-order valence-corrected chi connectivity index (χ0v) is 10.1. The van der Waals surface area contributed by atoms with Crippen molar-refractivity contribution in [1.29, 1.82) is 0 Å². The molecule has 2 aromatic carbocycles. The summed E-state index contributed by atoms with van der Waals surface area (Å²) in [6, 6.07) is 12.5. The van der Waals surface area contributed by atoms with Gasteiger partial charge in [0, 0.05) is 17.0 Å². The first-order valence-corrected chi connectivity index (χ1v) is 5.93. The highest BCUT2D eigenvalue weighted by Crippen LogP contribution is 2.27. The topological polar surface area (TPSA) is 32.9 Å². The fourth-order valence-electron chi connectivity index (χ4n) is 2.24. The van der Waals surface area contributed by atoms with Gasteiger partial charge in [0.1, 0.15) is 0 Å². The van der Waals surface area contributed by atoms with Crippen molar-refractivity contribution < 1.29 is 4.79 Å². The van der Waals surface area contributed by atoms with Crippen molar-refractivity contribution in [2.75, 3.05) is 0 Å². The Morgan fingerprint density at radius 3 is 2.78 bits per heavy atom. The lowest BCUT2D eigenvalue weighted by atomic mass is 10.1. The van der Waals surface area contributed by atoms with Crippen LogP contribution in [0, 0.1) is 0 Å². The van der Waals surface area contributed by atoms with Crippen molar-refractivity contribution in [1.82, 2.24) is 4.98 Å². The van der Waals surface area contributed by atoms with Gasteiger partial charge in [0.2, 0.25) is 0 Å². The molecule has 1 heterocycles. The number of rotatable bonds is 2. The van der Waals surface area contributed by atoms with E-state index in [9.17, 15) is 4.79 Å². The Hall–Kier alpha value is -2.35. The number of nitrogens with one attached hydrogen (secondary N) is 1. The Bertz CT molecular complexity index is 765. The van der Waals surface area contributed by atoms with Crippen LogP contribution in [-0.2, 0) is 4.79 Å². The summed E-state index contributed by atoms with van der Waals surface area (Å²) in [7, 11) is 0. The second kappa shape index (κ2) is 4.15. The average Bonchev–Trinajstić information content (AvgIpc) is 2.80. The second-order valence-corrected chi connectivity index (χ2v) is 4.40. The lowest BCUT2D eigenvalue weighted by Gasteiger charge is -1.99. The Morgan fingerprint density at radius 1 is 1.11 bits per heavy atom. The third-order valence-corrected chi connectivity index (χ3v) is 3.11. The Morgan fingerprint density at radius 2 is 1.94 bits per heavy atom. The molecule has 1 aromatic heterocycles. The van der Waals surface area contributed by atoms with Crippen LogP contribution in [0.1, 0.15) is 12.5 Å². The molecular formula is C16H13NO. The predicted molar refractivity (Wildman–Crippen MR) is 75.5 cm³/mol. The molecule has 0 fully saturated rings. The SMILES string of the molecule is CC(=O)/C=C/c1c[nH]c2c1ccc1ccccc12. The number of ketones is 1. The summed E-state index contributed by atoms with van der Waals surface area (Å²) in [6.07, 6.45) is 5.39. The molecule has 2 heteroatoms. The van der Waals surface area contributed by atoms with E-state index in [1.165, 1.54) is 10.8 Å². The van der Waals surface area contributed by atoms with Gasteiger partial charge in [-0.1, -0.05) is 36.4 Å². The highest BCUT2D eigenvalue weighted by molar-refractivity contribution is 6.08. The predicted octanol–water partition coefficient (Wildman–Crippen LogP) is 3.92. The van der Waals surface area contributed by atoms with Gasteiger partial charge in [-0.25, -0.2) is 0 Å². The molecule has 0 bridgehead atoms. The molecule has 0 saturated carbocycles. The van der Waals surface area contributed by atoms with Crippen LogP contribution in [0.4, 0.5) is 0 Å². The van der Waals surface area contributed by atoms with E-state index in [1.807, 2.05) is 24.4 Å². The molecule has 88 valence electrons. The van der Waals surface area contributed by atoms with Crippen LogP contribution in [0.15, 0.2) is 48.7 Å². The minimum absolute atomic E-state index is 0.0603. The number of carbonyl (C=O) groups is 1. The lowest BCUT2D eigenvalue weighted by Crippen LogP contribution is -1.79. The molecule has 0 unspecified atom stereocenters. The number of hydrogen-bond acceptors (Lipinski definition) is 1. The molecule has 0 atom stereocenters. The number of hydrogen-bond donors (Lipinski definition) is 1. The van der Waals surface area contributed by atoms with Gasteiger partial charge in [-0.15, -0.1) is 0 Å². The van der Waals surface area contributed by atoms with Crippen LogP contribution in [0.25, 0.3) is 27.8 Å². The van der Waals surface area contributed by atoms with E-state index < -0.39 is 0 Å². The van der Waals surface area contributed by atoms with Gasteiger partial charge in [-0.05, 0) is 30.0 Å². The first-order valence-electron chi connectivity index (χ1n) is 5.93. The van der Waals surface area contributed by atoms with E-state index >= 15 is 0 Å². The van der Waals surface area contributed by atoms with E-state index in [0.29, 0.717) is 0 Å². The third kappa shape index (κ3) is 1.72. The van der Waals surface area contributed by atoms with E-state index in [1.54, 1.807) is 13.0 Å². The normalized spacial score (nSPS) is 11.6. The van der Waals surface area contributed by atoms with Crippen molar-refractivity contribution in [3.63, 3.8) is 0 Å². The van der Waals surface area contributed by atoms with Crippen molar-refractivity contribution >= 4 is 33.5 Å². The number of allylic oxidation sites excluding steroid dienone is 1. The van der Waals surface area contributed by atoms with E-state index in [0.717, 1.165) is 16.5 Å². The minimum Gasteiger partial charge on any atom is -0.360 e. The van der Waals surface area contributed by atoms with E-state index in [2.05, 4.69) is 29.2 Å². The standard InChI is InChI=1S/C16H13NO/c1-11(18)6-7-13-10-17-16-14-5-3-2-4-12(14)8-9-15(13)16/h2-10,17H,1H3/b7-6+. The Kier molecular flexibility index (Phi) is 2.49. The van der Waals surface area contributed by atoms with E-state index in [4.69, 9.17) is 0 Å². The molecule has 1 N–H and O–H groups in total. The first kappa shape index (κ1) is 10.8. The fourth-order valence-corrected chi connectivity index (χ4v) is 2.24. The molecule has 0 aliphatic carbocycles. The third-order valence-electron chi connectivity index (χ3n) is 3.11. The average molecular weight is 235 g/mol. The molecule has 0 saturated heterocycles. The quantitative estimate of drug-likeness (QED) is 0.671. The molecule has 0 aliphatic heterocycles. The Labute approximate surface area is 105 Å². The van der Waals surface area contributed by atoms with Crippen LogP contribution in [0.5, 0.6) is 0 Å². The number of aromatic amines is 1. The number of benzene rings is 2. The molecule has 0 spiro atoms. The van der Waals surface area contributed by atoms with Gasteiger partial charge in [0.15, 0.2) is 5.78 Å². The highest BCUT2D eigenvalue weighted by Gasteiger charge is 2.04. The summed E-state index contributed by atoms with van der Waals surface area (Å²) in [5, 5.41) is 3.57. The summed E-state index contributed by atoms with van der Waals surface area (Å²) in [6.45, 7) is 1.56. The monoisotopic (exact) mass is 235 g/mol.